The third-order valence-electron chi connectivity index (χ3n) is 5.15. The van der Waals surface area contributed by atoms with E-state index in [0.717, 1.165) is 16.7 Å². The van der Waals surface area contributed by atoms with Crippen LogP contribution in [0.4, 0.5) is 0 Å². The molecule has 3 aromatic rings. The summed E-state index contributed by atoms with van der Waals surface area (Å²) in [5.74, 6) is 2.33. The molecule has 0 fully saturated rings. The van der Waals surface area contributed by atoms with Crippen molar-refractivity contribution in [3.63, 3.8) is 0 Å². The van der Waals surface area contributed by atoms with Gasteiger partial charge in [-0.1, -0.05) is 35.9 Å². The quantitative estimate of drug-likeness (QED) is 0.372. The van der Waals surface area contributed by atoms with Crippen LogP contribution in [-0.2, 0) is 16.5 Å². The molecule has 0 spiro atoms. The van der Waals surface area contributed by atoms with Crippen molar-refractivity contribution >= 4 is 16.2 Å². The molecule has 0 heterocycles. The smallest absolute Gasteiger partial charge is 0.339 e. The Hall–Kier alpha value is -3.65. The molecule has 0 aromatic heterocycles. The summed E-state index contributed by atoms with van der Waals surface area (Å²) in [4.78, 5) is 0.0693. The summed E-state index contributed by atoms with van der Waals surface area (Å²) in [7, 11) is 2.19. The number of ether oxygens (including phenoxy) is 4. The summed E-state index contributed by atoms with van der Waals surface area (Å²) in [6.07, 6.45) is 4.29. The summed E-state index contributed by atoms with van der Waals surface area (Å²) in [5, 5.41) is 0. The average Bonchev–Trinajstić information content (AvgIpc) is 2.84. The molecule has 0 aliphatic heterocycles. The van der Waals surface area contributed by atoms with E-state index in [4.69, 9.17) is 23.1 Å². The van der Waals surface area contributed by atoms with Gasteiger partial charge in [0.25, 0.3) is 0 Å². The Morgan fingerprint density at radius 3 is 1.91 bits per heavy atom. The highest BCUT2D eigenvalue weighted by Gasteiger charge is 2.19. The van der Waals surface area contributed by atoms with Crippen molar-refractivity contribution in [1.29, 1.82) is 0 Å². The van der Waals surface area contributed by atoms with Gasteiger partial charge in [-0.05, 0) is 43.2 Å². The number of benzene rings is 3. The molecule has 0 aliphatic rings. The van der Waals surface area contributed by atoms with Crippen LogP contribution in [0.2, 0.25) is 0 Å². The second kappa shape index (κ2) is 11.0. The zero-order valence-corrected chi connectivity index (χ0v) is 20.6. The number of hydrogen-bond donors (Lipinski definition) is 0. The van der Waals surface area contributed by atoms with Gasteiger partial charge in [0.2, 0.25) is 0 Å². The van der Waals surface area contributed by atoms with E-state index < -0.39 is 10.1 Å². The summed E-state index contributed by atoms with van der Waals surface area (Å²) in [5.41, 5.74) is 2.55. The van der Waals surface area contributed by atoms with Crippen molar-refractivity contribution in [2.45, 2.75) is 18.2 Å². The summed E-state index contributed by atoms with van der Waals surface area (Å²) >= 11 is 0. The molecule has 180 valence electrons. The van der Waals surface area contributed by atoms with Crippen LogP contribution in [0.25, 0.3) is 6.08 Å². The van der Waals surface area contributed by atoms with Crippen LogP contribution in [0.15, 0.2) is 65.6 Å². The number of aryl methyl sites for hydroxylation is 1. The maximum atomic E-state index is 12.8. The van der Waals surface area contributed by atoms with Gasteiger partial charge in [-0.15, -0.1) is 0 Å². The van der Waals surface area contributed by atoms with Crippen LogP contribution in [0, 0.1) is 6.92 Å². The standard InChI is InChI=1S/C26H28O7S/c1-18-9-12-21(13-10-18)34(27,28)33-26-15-19(11-14-23(26)30-3)7-6-8-22-24(31-4)16-20(29-2)17-25(22)32-5/h6-7,9-17H,8H2,1-5H3/b7-6+. The van der Waals surface area contributed by atoms with Crippen LogP contribution in [0.5, 0.6) is 28.7 Å². The van der Waals surface area contributed by atoms with Gasteiger partial charge in [0, 0.05) is 17.7 Å². The zero-order chi connectivity index (χ0) is 24.7. The summed E-state index contributed by atoms with van der Waals surface area (Å²) in [6, 6.07) is 15.1. The second-order valence-electron chi connectivity index (χ2n) is 7.38. The van der Waals surface area contributed by atoms with Crippen molar-refractivity contribution in [3.05, 3.63) is 77.4 Å². The van der Waals surface area contributed by atoms with E-state index in [2.05, 4.69) is 0 Å². The predicted molar refractivity (Wildman–Crippen MR) is 131 cm³/mol. The highest BCUT2D eigenvalue weighted by molar-refractivity contribution is 7.87. The third kappa shape index (κ3) is 5.82. The molecule has 0 bridgehead atoms. The van der Waals surface area contributed by atoms with Gasteiger partial charge in [-0.3, -0.25) is 0 Å². The minimum atomic E-state index is -4.02. The fourth-order valence-corrected chi connectivity index (χ4v) is 4.26. The first-order chi connectivity index (χ1) is 16.3. The Morgan fingerprint density at radius 2 is 1.35 bits per heavy atom. The topological polar surface area (TPSA) is 80.3 Å². The highest BCUT2D eigenvalue weighted by atomic mass is 32.2. The maximum Gasteiger partial charge on any atom is 0.339 e. The average molecular weight is 485 g/mol. The van der Waals surface area contributed by atoms with Gasteiger partial charge in [0.1, 0.15) is 22.1 Å². The van der Waals surface area contributed by atoms with Crippen LogP contribution >= 0.6 is 0 Å². The summed E-state index contributed by atoms with van der Waals surface area (Å²) in [6.45, 7) is 1.88. The summed E-state index contributed by atoms with van der Waals surface area (Å²) < 4.78 is 52.5. The minimum Gasteiger partial charge on any atom is -0.496 e. The van der Waals surface area contributed by atoms with E-state index in [9.17, 15) is 8.42 Å². The number of methoxy groups -OCH3 is 4. The molecular weight excluding hydrogens is 456 g/mol. The van der Waals surface area contributed by atoms with Crippen LogP contribution < -0.4 is 23.1 Å². The molecular formula is C26H28O7S. The molecule has 0 saturated carbocycles. The van der Waals surface area contributed by atoms with Crippen LogP contribution in [-0.4, -0.2) is 36.9 Å². The second-order valence-corrected chi connectivity index (χ2v) is 8.92. The molecule has 0 saturated heterocycles. The Labute approximate surface area is 200 Å². The molecule has 34 heavy (non-hydrogen) atoms. The van der Waals surface area contributed by atoms with E-state index in [1.54, 1.807) is 57.7 Å². The van der Waals surface area contributed by atoms with Crippen LogP contribution in [0.3, 0.4) is 0 Å². The first-order valence-electron chi connectivity index (χ1n) is 10.5. The monoisotopic (exact) mass is 484 g/mol. The van der Waals surface area contributed by atoms with Gasteiger partial charge >= 0.3 is 10.1 Å². The van der Waals surface area contributed by atoms with Crippen molar-refractivity contribution in [1.82, 2.24) is 0 Å². The SMILES string of the molecule is COc1cc(OC)c(C/C=C/c2ccc(OC)c(OS(=O)(=O)c3ccc(C)cc3)c2)c(OC)c1. The Bertz CT molecular complexity index is 1240. The lowest BCUT2D eigenvalue weighted by atomic mass is 10.1. The molecule has 0 radical (unpaired) electrons. The van der Waals surface area contributed by atoms with Gasteiger partial charge in [0.15, 0.2) is 11.5 Å². The van der Waals surface area contributed by atoms with E-state index in [1.165, 1.54) is 19.2 Å². The fraction of sp³-hybridized carbons (Fsp3) is 0.231. The fourth-order valence-electron chi connectivity index (χ4n) is 3.33. The van der Waals surface area contributed by atoms with Gasteiger partial charge in [-0.2, -0.15) is 8.42 Å². The Balaban J connectivity index is 1.86. The lowest BCUT2D eigenvalue weighted by molar-refractivity contribution is 0.370. The molecule has 0 N–H and O–H groups in total. The van der Waals surface area contributed by atoms with E-state index in [-0.39, 0.29) is 10.6 Å². The van der Waals surface area contributed by atoms with Crippen molar-refractivity contribution in [2.75, 3.05) is 28.4 Å². The van der Waals surface area contributed by atoms with Gasteiger partial charge in [0.05, 0.1) is 28.4 Å². The largest absolute Gasteiger partial charge is 0.496 e. The molecule has 0 unspecified atom stereocenters. The van der Waals surface area contributed by atoms with Crippen molar-refractivity contribution in [2.24, 2.45) is 0 Å². The highest BCUT2D eigenvalue weighted by Crippen LogP contribution is 2.35. The predicted octanol–water partition coefficient (Wildman–Crippen LogP) is 5.05. The molecule has 7 nitrogen and oxygen atoms in total. The van der Waals surface area contributed by atoms with E-state index in [0.29, 0.717) is 29.4 Å². The van der Waals surface area contributed by atoms with Gasteiger partial charge in [-0.25, -0.2) is 0 Å². The Morgan fingerprint density at radius 1 is 0.735 bits per heavy atom. The molecule has 0 amide bonds. The lowest BCUT2D eigenvalue weighted by Gasteiger charge is -2.14. The number of rotatable bonds is 10. The molecule has 3 aromatic carbocycles. The minimum absolute atomic E-state index is 0.0693. The lowest BCUT2D eigenvalue weighted by Crippen LogP contribution is -2.10. The molecule has 0 aliphatic carbocycles. The van der Waals surface area contributed by atoms with Crippen molar-refractivity contribution < 1.29 is 31.5 Å². The first-order valence-corrected chi connectivity index (χ1v) is 11.9. The third-order valence-corrected chi connectivity index (χ3v) is 6.39. The first kappa shape index (κ1) is 25.0. The molecule has 0 atom stereocenters. The Kier molecular flexibility index (Phi) is 8.07. The molecule has 8 heteroatoms. The normalized spacial score (nSPS) is 11.3. The van der Waals surface area contributed by atoms with Gasteiger partial charge < -0.3 is 23.1 Å². The number of allylic oxidation sites excluding steroid dienone is 1. The van der Waals surface area contributed by atoms with Crippen LogP contribution in [0.1, 0.15) is 16.7 Å². The molecule has 3 rings (SSSR count). The maximum absolute atomic E-state index is 12.8. The van der Waals surface area contributed by atoms with E-state index >= 15 is 0 Å². The van der Waals surface area contributed by atoms with E-state index in [1.807, 2.05) is 25.1 Å². The number of hydrogen-bond acceptors (Lipinski definition) is 7. The zero-order valence-electron chi connectivity index (χ0n) is 19.8. The van der Waals surface area contributed by atoms with Crippen molar-refractivity contribution in [3.8, 4) is 28.7 Å².